The first kappa shape index (κ1) is 21.7. The van der Waals surface area contributed by atoms with Crippen LogP contribution in [0.25, 0.3) is 6.08 Å². The first-order valence-electron chi connectivity index (χ1n) is 9.54. The Bertz CT molecular complexity index is 1070. The standard InChI is InChI=1S/C24H20F2N2O3/c1-2-31-17-9-7-8-16(14-17)15-18(23(29)27-21-12-5-3-10-19(21)25)24(30)28-22-13-6-4-11-20(22)26/h3-15H,2H2,1H3,(H,27,29)(H,28,30). The topological polar surface area (TPSA) is 67.4 Å². The minimum absolute atomic E-state index is 0.0832. The van der Waals surface area contributed by atoms with Gasteiger partial charge in [0.2, 0.25) is 0 Å². The van der Waals surface area contributed by atoms with E-state index in [0.29, 0.717) is 17.9 Å². The first-order chi connectivity index (χ1) is 15.0. The summed E-state index contributed by atoms with van der Waals surface area (Å²) in [5.74, 6) is -2.44. The lowest BCUT2D eigenvalue weighted by atomic mass is 10.1. The molecule has 0 aliphatic rings. The Hall–Kier alpha value is -4.00. The fraction of sp³-hybridized carbons (Fsp3) is 0.0833. The molecular formula is C24H20F2N2O3. The number of hydrogen-bond donors (Lipinski definition) is 2. The van der Waals surface area contributed by atoms with E-state index in [0.717, 1.165) is 0 Å². The maximum Gasteiger partial charge on any atom is 0.261 e. The van der Waals surface area contributed by atoms with E-state index < -0.39 is 23.4 Å². The number of nitrogens with one attached hydrogen (secondary N) is 2. The van der Waals surface area contributed by atoms with Gasteiger partial charge in [0.1, 0.15) is 23.0 Å². The van der Waals surface area contributed by atoms with Crippen molar-refractivity contribution in [2.45, 2.75) is 6.92 Å². The molecule has 2 N–H and O–H groups in total. The number of hydrogen-bond acceptors (Lipinski definition) is 3. The summed E-state index contributed by atoms with van der Waals surface area (Å²) in [5, 5.41) is 4.77. The Kier molecular flexibility index (Phi) is 7.11. The third-order valence-corrected chi connectivity index (χ3v) is 4.21. The quantitative estimate of drug-likeness (QED) is 0.319. The molecule has 0 radical (unpaired) electrons. The van der Waals surface area contributed by atoms with Crippen molar-refractivity contribution in [2.24, 2.45) is 0 Å². The molecule has 3 rings (SSSR count). The molecule has 7 heteroatoms. The summed E-state index contributed by atoms with van der Waals surface area (Å²) in [7, 11) is 0. The van der Waals surface area contributed by atoms with Gasteiger partial charge in [-0.15, -0.1) is 0 Å². The van der Waals surface area contributed by atoms with Crippen molar-refractivity contribution in [3.63, 3.8) is 0 Å². The third kappa shape index (κ3) is 5.76. The predicted molar refractivity (Wildman–Crippen MR) is 116 cm³/mol. The summed E-state index contributed by atoms with van der Waals surface area (Å²) in [6.45, 7) is 2.28. The van der Waals surface area contributed by atoms with Crippen LogP contribution >= 0.6 is 0 Å². The predicted octanol–water partition coefficient (Wildman–Crippen LogP) is 5.02. The van der Waals surface area contributed by atoms with Crippen molar-refractivity contribution in [1.82, 2.24) is 0 Å². The molecule has 0 aromatic heterocycles. The molecule has 0 aliphatic heterocycles. The van der Waals surface area contributed by atoms with E-state index in [1.807, 2.05) is 6.92 Å². The largest absolute Gasteiger partial charge is 0.494 e. The summed E-state index contributed by atoms with van der Waals surface area (Å²) in [6.07, 6.45) is 1.33. The Morgan fingerprint density at radius 3 is 1.90 bits per heavy atom. The van der Waals surface area contributed by atoms with Crippen LogP contribution in [0.5, 0.6) is 5.75 Å². The average Bonchev–Trinajstić information content (AvgIpc) is 2.75. The van der Waals surface area contributed by atoms with Crippen molar-refractivity contribution < 1.29 is 23.1 Å². The fourth-order valence-corrected chi connectivity index (χ4v) is 2.77. The molecule has 3 aromatic carbocycles. The zero-order valence-corrected chi connectivity index (χ0v) is 16.7. The van der Waals surface area contributed by atoms with Crippen molar-refractivity contribution in [3.05, 3.63) is 95.6 Å². The van der Waals surface area contributed by atoms with Crippen LogP contribution in [0, 0.1) is 11.6 Å². The molecule has 0 saturated carbocycles. The minimum atomic E-state index is -0.847. The molecule has 0 bridgehead atoms. The number of benzene rings is 3. The van der Waals surface area contributed by atoms with Gasteiger partial charge in [0.05, 0.1) is 18.0 Å². The van der Waals surface area contributed by atoms with Gasteiger partial charge in [-0.1, -0.05) is 36.4 Å². The lowest BCUT2D eigenvalue weighted by Crippen LogP contribution is -2.26. The van der Waals surface area contributed by atoms with Crippen LogP contribution in [0.1, 0.15) is 12.5 Å². The van der Waals surface area contributed by atoms with Gasteiger partial charge in [0.15, 0.2) is 0 Å². The summed E-state index contributed by atoms with van der Waals surface area (Å²) in [6, 6.07) is 17.9. The summed E-state index contributed by atoms with van der Waals surface area (Å²) >= 11 is 0. The second kappa shape index (κ2) is 10.2. The molecule has 0 atom stereocenters. The highest BCUT2D eigenvalue weighted by Crippen LogP contribution is 2.20. The molecule has 3 aromatic rings. The monoisotopic (exact) mass is 422 g/mol. The number of carbonyl (C=O) groups excluding carboxylic acids is 2. The smallest absolute Gasteiger partial charge is 0.261 e. The number of halogens is 2. The lowest BCUT2D eigenvalue weighted by molar-refractivity contribution is -0.118. The molecule has 0 unspecified atom stereocenters. The average molecular weight is 422 g/mol. The van der Waals surface area contributed by atoms with E-state index in [9.17, 15) is 18.4 Å². The molecule has 5 nitrogen and oxygen atoms in total. The highest BCUT2D eigenvalue weighted by atomic mass is 19.1. The number of para-hydroxylation sites is 2. The van der Waals surface area contributed by atoms with Gasteiger partial charge in [0, 0.05) is 0 Å². The zero-order valence-electron chi connectivity index (χ0n) is 16.7. The Morgan fingerprint density at radius 2 is 1.39 bits per heavy atom. The van der Waals surface area contributed by atoms with Gasteiger partial charge in [-0.3, -0.25) is 9.59 Å². The summed E-state index contributed by atoms with van der Waals surface area (Å²) in [5.41, 5.74) is 0.00814. The molecule has 2 amide bonds. The van der Waals surface area contributed by atoms with E-state index in [1.54, 1.807) is 36.4 Å². The molecule has 0 spiro atoms. The molecule has 0 saturated heterocycles. The van der Waals surface area contributed by atoms with E-state index >= 15 is 0 Å². The van der Waals surface area contributed by atoms with Gasteiger partial charge < -0.3 is 15.4 Å². The third-order valence-electron chi connectivity index (χ3n) is 4.21. The Morgan fingerprint density at radius 1 is 0.839 bits per heavy atom. The van der Waals surface area contributed by atoms with Crippen LogP contribution in [0.3, 0.4) is 0 Å². The number of ether oxygens (including phenoxy) is 1. The van der Waals surface area contributed by atoms with Crippen molar-refractivity contribution in [1.29, 1.82) is 0 Å². The molecule has 31 heavy (non-hydrogen) atoms. The van der Waals surface area contributed by atoms with Gasteiger partial charge >= 0.3 is 0 Å². The molecule has 0 aliphatic carbocycles. The van der Waals surface area contributed by atoms with Gasteiger partial charge in [-0.2, -0.15) is 0 Å². The summed E-state index contributed by atoms with van der Waals surface area (Å²) in [4.78, 5) is 25.7. The van der Waals surface area contributed by atoms with Gasteiger partial charge in [0.25, 0.3) is 11.8 Å². The zero-order chi connectivity index (χ0) is 22.2. The summed E-state index contributed by atoms with van der Waals surface area (Å²) < 4.78 is 33.4. The molecular weight excluding hydrogens is 402 g/mol. The maximum atomic E-state index is 14.0. The van der Waals surface area contributed by atoms with Crippen LogP contribution in [-0.4, -0.2) is 18.4 Å². The molecule has 158 valence electrons. The van der Waals surface area contributed by atoms with E-state index in [1.165, 1.54) is 42.5 Å². The Labute approximate surface area is 178 Å². The van der Waals surface area contributed by atoms with Crippen molar-refractivity contribution >= 4 is 29.3 Å². The highest BCUT2D eigenvalue weighted by molar-refractivity contribution is 6.28. The van der Waals surface area contributed by atoms with Crippen LogP contribution in [0.2, 0.25) is 0 Å². The minimum Gasteiger partial charge on any atom is -0.494 e. The number of carbonyl (C=O) groups is 2. The van der Waals surface area contributed by atoms with Gasteiger partial charge in [-0.25, -0.2) is 8.78 Å². The molecule has 0 fully saturated rings. The normalized spacial score (nSPS) is 10.2. The second-order valence-corrected chi connectivity index (χ2v) is 6.43. The number of rotatable bonds is 7. The second-order valence-electron chi connectivity index (χ2n) is 6.43. The Balaban J connectivity index is 1.95. The number of amides is 2. The maximum absolute atomic E-state index is 14.0. The van der Waals surface area contributed by atoms with E-state index in [4.69, 9.17) is 4.74 Å². The van der Waals surface area contributed by atoms with Gasteiger partial charge in [-0.05, 0) is 55.0 Å². The number of anilines is 2. The SMILES string of the molecule is CCOc1cccc(C=C(C(=O)Nc2ccccc2F)C(=O)Nc2ccccc2F)c1. The van der Waals surface area contributed by atoms with E-state index in [-0.39, 0.29) is 16.9 Å². The van der Waals surface area contributed by atoms with Crippen LogP contribution in [-0.2, 0) is 9.59 Å². The van der Waals surface area contributed by atoms with Crippen molar-refractivity contribution in [3.8, 4) is 5.75 Å². The highest BCUT2D eigenvalue weighted by Gasteiger charge is 2.21. The first-order valence-corrected chi connectivity index (χ1v) is 9.54. The van der Waals surface area contributed by atoms with Crippen molar-refractivity contribution in [2.75, 3.05) is 17.2 Å². The van der Waals surface area contributed by atoms with Crippen LogP contribution < -0.4 is 15.4 Å². The van der Waals surface area contributed by atoms with E-state index in [2.05, 4.69) is 10.6 Å². The van der Waals surface area contributed by atoms with Crippen LogP contribution in [0.15, 0.2) is 78.4 Å². The lowest BCUT2D eigenvalue weighted by Gasteiger charge is -2.12. The molecule has 0 heterocycles. The fourth-order valence-electron chi connectivity index (χ4n) is 2.77. The van der Waals surface area contributed by atoms with Crippen LogP contribution in [0.4, 0.5) is 20.2 Å².